The fourth-order valence-electron chi connectivity index (χ4n) is 4.91. The van der Waals surface area contributed by atoms with E-state index in [0.29, 0.717) is 35.3 Å². The minimum Gasteiger partial charge on any atom is -0.378 e. The van der Waals surface area contributed by atoms with Crippen LogP contribution in [0.3, 0.4) is 0 Å². The summed E-state index contributed by atoms with van der Waals surface area (Å²) in [5.41, 5.74) is 1.95. The molecule has 4 rings (SSSR count). The molecular weight excluding hydrogens is 452 g/mol. The second-order valence-electron chi connectivity index (χ2n) is 9.43. The number of ether oxygens (including phenoxy) is 1. The summed E-state index contributed by atoms with van der Waals surface area (Å²) < 4.78 is 65.1. The maximum atomic E-state index is 15.1. The van der Waals surface area contributed by atoms with Gasteiger partial charge in [0.05, 0.1) is 12.7 Å². The van der Waals surface area contributed by atoms with Gasteiger partial charge in [-0.3, -0.25) is 0 Å². The predicted octanol–water partition coefficient (Wildman–Crippen LogP) is 8.98. The highest BCUT2D eigenvalue weighted by molar-refractivity contribution is 5.71. The fraction of sp³-hybridized carbons (Fsp3) is 0.400. The molecule has 2 atom stereocenters. The number of hydrogen-bond donors (Lipinski definition) is 0. The summed E-state index contributed by atoms with van der Waals surface area (Å²) in [7, 11) is 0. The second-order valence-corrected chi connectivity index (χ2v) is 9.43. The molecule has 0 spiro atoms. The zero-order valence-electron chi connectivity index (χ0n) is 20.4. The van der Waals surface area contributed by atoms with Crippen molar-refractivity contribution in [2.45, 2.75) is 70.8 Å². The van der Waals surface area contributed by atoms with E-state index in [1.54, 1.807) is 48.5 Å². The summed E-state index contributed by atoms with van der Waals surface area (Å²) in [6.45, 7) is 4.50. The van der Waals surface area contributed by atoms with E-state index in [9.17, 15) is 8.78 Å². The first-order valence-electron chi connectivity index (χ1n) is 12.6. The van der Waals surface area contributed by atoms with E-state index in [4.69, 9.17) is 4.74 Å². The molecule has 0 radical (unpaired) electrons. The molecule has 1 nitrogen and oxygen atoms in total. The van der Waals surface area contributed by atoms with Crippen LogP contribution in [0.1, 0.15) is 69.4 Å². The van der Waals surface area contributed by atoms with Gasteiger partial charge in [0.1, 0.15) is 0 Å². The molecule has 0 aliphatic carbocycles. The van der Waals surface area contributed by atoms with E-state index in [1.165, 1.54) is 0 Å². The largest absolute Gasteiger partial charge is 0.378 e. The number of hydrogen-bond acceptors (Lipinski definition) is 1. The third kappa shape index (κ3) is 5.45. The van der Waals surface area contributed by atoms with Crippen molar-refractivity contribution in [3.05, 3.63) is 82.9 Å². The smallest absolute Gasteiger partial charge is 0.166 e. The Bertz CT molecular complexity index is 1150. The van der Waals surface area contributed by atoms with Gasteiger partial charge in [0.15, 0.2) is 23.3 Å². The molecule has 5 heteroatoms. The lowest BCUT2D eigenvalue weighted by atomic mass is 9.88. The summed E-state index contributed by atoms with van der Waals surface area (Å²) in [5, 5.41) is 0. The van der Waals surface area contributed by atoms with E-state index in [1.807, 2.05) is 6.92 Å². The number of benzene rings is 3. The van der Waals surface area contributed by atoms with Gasteiger partial charge in [-0.05, 0) is 54.4 Å². The van der Waals surface area contributed by atoms with E-state index in [0.717, 1.165) is 38.5 Å². The molecule has 35 heavy (non-hydrogen) atoms. The van der Waals surface area contributed by atoms with Crippen LogP contribution in [0.15, 0.2) is 48.5 Å². The van der Waals surface area contributed by atoms with Crippen LogP contribution in [-0.2, 0) is 11.2 Å². The van der Waals surface area contributed by atoms with Crippen LogP contribution in [0.4, 0.5) is 17.6 Å². The Kier molecular flexibility index (Phi) is 8.27. The van der Waals surface area contributed by atoms with Gasteiger partial charge in [0.25, 0.3) is 0 Å². The molecule has 1 heterocycles. The summed E-state index contributed by atoms with van der Waals surface area (Å²) >= 11 is 0. The zero-order valence-corrected chi connectivity index (χ0v) is 20.4. The minimum atomic E-state index is -0.900. The zero-order chi connectivity index (χ0) is 24.9. The monoisotopic (exact) mass is 484 g/mol. The van der Waals surface area contributed by atoms with E-state index in [-0.39, 0.29) is 23.1 Å². The standard InChI is InChI=1S/C30H32F4O/c1-3-5-7-21-13-15-24(28(32)27(21)31)19-8-10-20(11-9-19)25-16-17-26(30(34)29(25)33)22-12-14-23(6-4-2)35-18-22/h8-11,13,15-17,22-23H,3-7,12,14,18H2,1-2H3. The van der Waals surface area contributed by atoms with Gasteiger partial charge in [-0.25, -0.2) is 17.6 Å². The third-order valence-electron chi connectivity index (χ3n) is 7.00. The van der Waals surface area contributed by atoms with Crippen molar-refractivity contribution >= 4 is 0 Å². The van der Waals surface area contributed by atoms with Crippen molar-refractivity contribution in [3.8, 4) is 22.3 Å². The average Bonchev–Trinajstić information content (AvgIpc) is 2.88. The van der Waals surface area contributed by atoms with E-state index < -0.39 is 23.3 Å². The second kappa shape index (κ2) is 11.4. The number of rotatable bonds is 8. The minimum absolute atomic E-state index is 0.139. The molecule has 2 unspecified atom stereocenters. The van der Waals surface area contributed by atoms with Gasteiger partial charge in [0, 0.05) is 17.0 Å². The Morgan fingerprint density at radius 1 is 0.714 bits per heavy atom. The summed E-state index contributed by atoms with van der Waals surface area (Å²) in [5.74, 6) is -3.61. The Morgan fingerprint density at radius 2 is 1.34 bits per heavy atom. The lowest BCUT2D eigenvalue weighted by molar-refractivity contribution is -0.00181. The van der Waals surface area contributed by atoms with Crippen molar-refractivity contribution in [1.82, 2.24) is 0 Å². The molecule has 1 aliphatic heterocycles. The molecule has 0 bridgehead atoms. The quantitative estimate of drug-likeness (QED) is 0.290. The van der Waals surface area contributed by atoms with Gasteiger partial charge in [0.2, 0.25) is 0 Å². The highest BCUT2D eigenvalue weighted by Gasteiger charge is 2.27. The van der Waals surface area contributed by atoms with Crippen LogP contribution < -0.4 is 0 Å². The highest BCUT2D eigenvalue weighted by atomic mass is 19.2. The molecule has 3 aromatic carbocycles. The summed E-state index contributed by atoms with van der Waals surface area (Å²) in [6, 6.07) is 12.8. The van der Waals surface area contributed by atoms with Gasteiger partial charge >= 0.3 is 0 Å². The first-order valence-corrected chi connectivity index (χ1v) is 12.6. The van der Waals surface area contributed by atoms with Crippen molar-refractivity contribution in [1.29, 1.82) is 0 Å². The van der Waals surface area contributed by atoms with E-state index in [2.05, 4.69) is 6.92 Å². The predicted molar refractivity (Wildman–Crippen MR) is 132 cm³/mol. The maximum absolute atomic E-state index is 15.1. The van der Waals surface area contributed by atoms with Gasteiger partial charge < -0.3 is 4.74 Å². The fourth-order valence-corrected chi connectivity index (χ4v) is 4.91. The number of aryl methyl sites for hydroxylation is 1. The Balaban J connectivity index is 1.54. The number of halogens is 4. The molecule has 186 valence electrons. The molecule has 0 aromatic heterocycles. The van der Waals surface area contributed by atoms with Crippen LogP contribution in [0.5, 0.6) is 0 Å². The molecule has 1 aliphatic rings. The molecule has 1 saturated heterocycles. The Morgan fingerprint density at radius 3 is 1.91 bits per heavy atom. The lowest BCUT2D eigenvalue weighted by Crippen LogP contribution is -2.25. The van der Waals surface area contributed by atoms with Crippen LogP contribution in [0.2, 0.25) is 0 Å². The molecule has 3 aromatic rings. The topological polar surface area (TPSA) is 9.23 Å². The normalized spacial score (nSPS) is 18.1. The maximum Gasteiger partial charge on any atom is 0.166 e. The summed E-state index contributed by atoms with van der Waals surface area (Å²) in [6.07, 6.45) is 6.03. The van der Waals surface area contributed by atoms with Gasteiger partial charge in [-0.2, -0.15) is 0 Å². The first kappa shape index (κ1) is 25.4. The van der Waals surface area contributed by atoms with Crippen LogP contribution >= 0.6 is 0 Å². The Hall–Kier alpha value is -2.66. The van der Waals surface area contributed by atoms with Crippen LogP contribution in [0.25, 0.3) is 22.3 Å². The first-order chi connectivity index (χ1) is 16.9. The lowest BCUT2D eigenvalue weighted by Gasteiger charge is -2.29. The van der Waals surface area contributed by atoms with Crippen molar-refractivity contribution < 1.29 is 22.3 Å². The molecule has 0 N–H and O–H groups in total. The van der Waals surface area contributed by atoms with Gasteiger partial charge in [-0.1, -0.05) is 75.2 Å². The van der Waals surface area contributed by atoms with Crippen molar-refractivity contribution in [2.75, 3.05) is 6.61 Å². The Labute approximate surface area is 205 Å². The van der Waals surface area contributed by atoms with E-state index >= 15 is 8.78 Å². The third-order valence-corrected chi connectivity index (χ3v) is 7.00. The molecule has 1 fully saturated rings. The molecule has 0 saturated carbocycles. The highest BCUT2D eigenvalue weighted by Crippen LogP contribution is 2.36. The summed E-state index contributed by atoms with van der Waals surface area (Å²) in [4.78, 5) is 0. The van der Waals surface area contributed by atoms with Crippen LogP contribution in [-0.4, -0.2) is 12.7 Å². The molecular formula is C30H32F4O. The SMILES string of the molecule is CCCCc1ccc(-c2ccc(-c3ccc(C4CCC(CCC)OC4)c(F)c3F)cc2)c(F)c1F. The molecule has 0 amide bonds. The average molecular weight is 485 g/mol. The van der Waals surface area contributed by atoms with Gasteiger partial charge in [-0.15, -0.1) is 0 Å². The number of unbranched alkanes of at least 4 members (excludes halogenated alkanes) is 1. The van der Waals surface area contributed by atoms with Crippen LogP contribution in [0, 0.1) is 23.3 Å². The van der Waals surface area contributed by atoms with Crippen molar-refractivity contribution in [3.63, 3.8) is 0 Å². The van der Waals surface area contributed by atoms with Crippen molar-refractivity contribution in [2.24, 2.45) is 0 Å².